The highest BCUT2D eigenvalue weighted by atomic mass is 35.5. The van der Waals surface area contributed by atoms with E-state index in [0.29, 0.717) is 30.0 Å². The molecule has 1 saturated heterocycles. The van der Waals surface area contributed by atoms with Crippen molar-refractivity contribution >= 4 is 11.6 Å². The normalized spacial score (nSPS) is 28.3. The summed E-state index contributed by atoms with van der Waals surface area (Å²) in [6, 6.07) is 4.13. The molecular weight excluding hydrogens is 255 g/mol. The van der Waals surface area contributed by atoms with E-state index in [4.69, 9.17) is 16.3 Å². The molecule has 0 amide bonds. The first-order chi connectivity index (χ1) is 8.55. The Morgan fingerprint density at radius 3 is 3.06 bits per heavy atom. The van der Waals surface area contributed by atoms with Gasteiger partial charge in [0.1, 0.15) is 5.82 Å². The van der Waals surface area contributed by atoms with Gasteiger partial charge in [-0.2, -0.15) is 0 Å². The number of rotatable bonds is 3. The molecular formula is C14H18ClFO2. The van der Waals surface area contributed by atoms with Gasteiger partial charge in [0.05, 0.1) is 18.3 Å². The van der Waals surface area contributed by atoms with E-state index >= 15 is 0 Å². The molecule has 100 valence electrons. The van der Waals surface area contributed by atoms with Crippen LogP contribution in [0.1, 0.15) is 38.2 Å². The highest BCUT2D eigenvalue weighted by molar-refractivity contribution is 6.31. The summed E-state index contributed by atoms with van der Waals surface area (Å²) in [4.78, 5) is 0. The van der Waals surface area contributed by atoms with Crippen LogP contribution < -0.4 is 0 Å². The molecule has 2 atom stereocenters. The molecule has 1 heterocycles. The molecule has 2 unspecified atom stereocenters. The summed E-state index contributed by atoms with van der Waals surface area (Å²) in [6.07, 6.45) is 2.85. The van der Waals surface area contributed by atoms with Gasteiger partial charge in [-0.1, -0.05) is 24.9 Å². The Kier molecular flexibility index (Phi) is 4.25. The quantitative estimate of drug-likeness (QED) is 0.910. The van der Waals surface area contributed by atoms with Crippen LogP contribution in [0.15, 0.2) is 18.2 Å². The van der Waals surface area contributed by atoms with Crippen molar-refractivity contribution in [2.24, 2.45) is 0 Å². The third-order valence-electron chi connectivity index (χ3n) is 3.47. The summed E-state index contributed by atoms with van der Waals surface area (Å²) in [7, 11) is 0. The Hall–Kier alpha value is -0.640. The number of aliphatic hydroxyl groups is 1. The summed E-state index contributed by atoms with van der Waals surface area (Å²) in [6.45, 7) is 2.56. The average molecular weight is 273 g/mol. The highest BCUT2D eigenvalue weighted by Gasteiger charge is 2.37. The Labute approximate surface area is 112 Å². The van der Waals surface area contributed by atoms with E-state index in [-0.39, 0.29) is 11.9 Å². The monoisotopic (exact) mass is 272 g/mol. The van der Waals surface area contributed by atoms with E-state index in [1.54, 1.807) is 0 Å². The maximum Gasteiger partial charge on any atom is 0.123 e. The van der Waals surface area contributed by atoms with Crippen LogP contribution in [0, 0.1) is 5.82 Å². The zero-order valence-corrected chi connectivity index (χ0v) is 11.2. The molecule has 1 aliphatic heterocycles. The number of halogens is 2. The van der Waals surface area contributed by atoms with Crippen LogP contribution in [-0.4, -0.2) is 17.8 Å². The predicted molar refractivity (Wildman–Crippen MR) is 69.2 cm³/mol. The van der Waals surface area contributed by atoms with Crippen LogP contribution in [0.5, 0.6) is 0 Å². The van der Waals surface area contributed by atoms with Crippen molar-refractivity contribution in [3.05, 3.63) is 34.6 Å². The van der Waals surface area contributed by atoms with Crippen LogP contribution in [0.25, 0.3) is 0 Å². The molecule has 0 aliphatic carbocycles. The molecule has 1 aliphatic rings. The smallest absolute Gasteiger partial charge is 0.123 e. The first-order valence-electron chi connectivity index (χ1n) is 6.34. The lowest BCUT2D eigenvalue weighted by Gasteiger charge is -2.37. The van der Waals surface area contributed by atoms with Crippen molar-refractivity contribution < 1.29 is 14.2 Å². The third kappa shape index (κ3) is 2.85. The molecule has 2 rings (SSSR count). The van der Waals surface area contributed by atoms with Crippen molar-refractivity contribution in [3.8, 4) is 0 Å². The Bertz CT molecular complexity index is 422. The van der Waals surface area contributed by atoms with Crippen LogP contribution in [0.2, 0.25) is 5.02 Å². The lowest BCUT2D eigenvalue weighted by atomic mass is 9.82. The summed E-state index contributed by atoms with van der Waals surface area (Å²) >= 11 is 6.08. The number of hydrogen-bond acceptors (Lipinski definition) is 2. The second kappa shape index (κ2) is 5.55. The first-order valence-corrected chi connectivity index (χ1v) is 6.72. The van der Waals surface area contributed by atoms with E-state index in [2.05, 4.69) is 6.92 Å². The van der Waals surface area contributed by atoms with Crippen molar-refractivity contribution in [2.45, 2.75) is 44.3 Å². The molecule has 1 aromatic rings. The third-order valence-corrected chi connectivity index (χ3v) is 3.80. The van der Waals surface area contributed by atoms with Gasteiger partial charge in [0.2, 0.25) is 0 Å². The van der Waals surface area contributed by atoms with E-state index in [1.807, 2.05) is 0 Å². The minimum atomic E-state index is -1.07. The molecule has 2 nitrogen and oxygen atoms in total. The number of hydrogen-bond donors (Lipinski definition) is 1. The second-order valence-electron chi connectivity index (χ2n) is 4.89. The van der Waals surface area contributed by atoms with Gasteiger partial charge in [-0.15, -0.1) is 0 Å². The van der Waals surface area contributed by atoms with E-state index in [9.17, 15) is 9.50 Å². The van der Waals surface area contributed by atoms with Crippen LogP contribution in [0.3, 0.4) is 0 Å². The van der Waals surface area contributed by atoms with Crippen LogP contribution >= 0.6 is 11.6 Å². The Morgan fingerprint density at radius 2 is 2.33 bits per heavy atom. The maximum absolute atomic E-state index is 13.3. The minimum Gasteiger partial charge on any atom is -0.385 e. The van der Waals surface area contributed by atoms with Gasteiger partial charge in [0.15, 0.2) is 0 Å². The maximum atomic E-state index is 13.3. The summed E-state index contributed by atoms with van der Waals surface area (Å²) in [5, 5.41) is 11.1. The molecule has 1 aromatic carbocycles. The molecule has 18 heavy (non-hydrogen) atoms. The van der Waals surface area contributed by atoms with Crippen molar-refractivity contribution in [2.75, 3.05) is 6.61 Å². The van der Waals surface area contributed by atoms with E-state index < -0.39 is 5.60 Å². The van der Waals surface area contributed by atoms with Crippen molar-refractivity contribution in [3.63, 3.8) is 0 Å². The zero-order valence-electron chi connectivity index (χ0n) is 10.5. The molecule has 0 spiro atoms. The zero-order chi connectivity index (χ0) is 13.2. The lowest BCUT2D eigenvalue weighted by molar-refractivity contribution is -0.110. The molecule has 0 aromatic heterocycles. The molecule has 0 radical (unpaired) electrons. The van der Waals surface area contributed by atoms with Gasteiger partial charge in [-0.25, -0.2) is 4.39 Å². The van der Waals surface area contributed by atoms with Gasteiger partial charge in [-0.05, 0) is 24.6 Å². The molecule has 4 heteroatoms. The molecule has 0 saturated carbocycles. The Balaban J connectivity index is 2.26. The first kappa shape index (κ1) is 13.8. The summed E-state index contributed by atoms with van der Waals surface area (Å²) < 4.78 is 18.9. The fourth-order valence-corrected chi connectivity index (χ4v) is 2.83. The topological polar surface area (TPSA) is 29.5 Å². The minimum absolute atomic E-state index is 0.0214. The number of benzene rings is 1. The van der Waals surface area contributed by atoms with Crippen LogP contribution in [0.4, 0.5) is 4.39 Å². The van der Waals surface area contributed by atoms with Gasteiger partial charge in [-0.3, -0.25) is 0 Å². The van der Waals surface area contributed by atoms with Gasteiger partial charge in [0.25, 0.3) is 0 Å². The molecule has 1 fully saturated rings. The van der Waals surface area contributed by atoms with Gasteiger partial charge < -0.3 is 9.84 Å². The number of ether oxygens (including phenoxy) is 1. The lowest BCUT2D eigenvalue weighted by Crippen LogP contribution is -2.38. The van der Waals surface area contributed by atoms with Gasteiger partial charge >= 0.3 is 0 Å². The standard InChI is InChI=1S/C14H18ClFO2/c1-2-3-11-9-14(17,6-7-18-11)12-8-10(16)4-5-13(12)15/h4-5,8,11,17H,2-3,6-7,9H2,1H3. The summed E-state index contributed by atoms with van der Waals surface area (Å²) in [5.41, 5.74) is -0.592. The molecule has 1 N–H and O–H groups in total. The molecule has 0 bridgehead atoms. The fraction of sp³-hybridized carbons (Fsp3) is 0.571. The average Bonchev–Trinajstić information content (AvgIpc) is 2.33. The van der Waals surface area contributed by atoms with E-state index in [0.717, 1.165) is 12.8 Å². The van der Waals surface area contributed by atoms with Crippen LogP contribution in [-0.2, 0) is 10.3 Å². The predicted octanol–water partition coefficient (Wildman–Crippen LogP) is 3.65. The van der Waals surface area contributed by atoms with Crippen molar-refractivity contribution in [1.82, 2.24) is 0 Å². The Morgan fingerprint density at radius 1 is 1.56 bits per heavy atom. The highest BCUT2D eigenvalue weighted by Crippen LogP contribution is 2.39. The van der Waals surface area contributed by atoms with Crippen molar-refractivity contribution in [1.29, 1.82) is 0 Å². The fourth-order valence-electron chi connectivity index (χ4n) is 2.54. The SMILES string of the molecule is CCCC1CC(O)(c2cc(F)ccc2Cl)CCO1. The van der Waals surface area contributed by atoms with Gasteiger partial charge in [0, 0.05) is 23.4 Å². The van der Waals surface area contributed by atoms with E-state index in [1.165, 1.54) is 18.2 Å². The second-order valence-corrected chi connectivity index (χ2v) is 5.30. The largest absolute Gasteiger partial charge is 0.385 e. The summed E-state index contributed by atoms with van der Waals surface area (Å²) in [5.74, 6) is -0.374.